The molecule has 0 spiro atoms. The van der Waals surface area contributed by atoms with Gasteiger partial charge in [0.15, 0.2) is 0 Å². The Bertz CT molecular complexity index is 121. The van der Waals surface area contributed by atoms with Crippen LogP contribution in [0.25, 0.3) is 0 Å². The fourth-order valence-corrected chi connectivity index (χ4v) is 1.42. The summed E-state index contributed by atoms with van der Waals surface area (Å²) in [4.78, 5) is 2.12. The number of aliphatic hydroxyl groups is 1. The van der Waals surface area contributed by atoms with Crippen LogP contribution in [0.5, 0.6) is 0 Å². The molecule has 1 aliphatic rings. The molecule has 0 aromatic carbocycles. The Labute approximate surface area is 67.1 Å². The second kappa shape index (κ2) is 4.01. The summed E-state index contributed by atoms with van der Waals surface area (Å²) in [6, 6.07) is 0. The highest BCUT2D eigenvalue weighted by molar-refractivity contribution is 4.83. The lowest BCUT2D eigenvalue weighted by molar-refractivity contribution is 0.0215. The van der Waals surface area contributed by atoms with Crippen LogP contribution in [0.3, 0.4) is 0 Å². The van der Waals surface area contributed by atoms with Crippen LogP contribution >= 0.6 is 0 Å². The van der Waals surface area contributed by atoms with Gasteiger partial charge < -0.3 is 15.2 Å². The van der Waals surface area contributed by atoms with Gasteiger partial charge in [-0.15, -0.1) is 0 Å². The molecule has 1 saturated heterocycles. The van der Waals surface area contributed by atoms with E-state index < -0.39 is 0 Å². The second-order valence-electron chi connectivity index (χ2n) is 2.89. The molecule has 1 heterocycles. The number of hydrogen-bond donors (Lipinski definition) is 2. The summed E-state index contributed by atoms with van der Waals surface area (Å²) >= 11 is 0. The second-order valence-corrected chi connectivity index (χ2v) is 2.89. The lowest BCUT2D eigenvalue weighted by Gasteiger charge is -2.13. The molecule has 1 rings (SSSR count). The van der Waals surface area contributed by atoms with E-state index >= 15 is 0 Å². The maximum Gasteiger partial charge on any atom is 0.0969 e. The first-order valence-electron chi connectivity index (χ1n) is 3.85. The van der Waals surface area contributed by atoms with Gasteiger partial charge >= 0.3 is 0 Å². The molecule has 1 aliphatic heterocycles. The Hall–Kier alpha value is -0.160. The molecule has 66 valence electrons. The monoisotopic (exact) mass is 160 g/mol. The quantitative estimate of drug-likeness (QED) is 0.547. The summed E-state index contributed by atoms with van der Waals surface area (Å²) in [7, 11) is 3.53. The van der Waals surface area contributed by atoms with Crippen molar-refractivity contribution in [3.8, 4) is 0 Å². The molecule has 4 nitrogen and oxygen atoms in total. The predicted molar refractivity (Wildman–Crippen MR) is 42.3 cm³/mol. The third-order valence-corrected chi connectivity index (χ3v) is 2.00. The van der Waals surface area contributed by atoms with E-state index in [2.05, 4.69) is 10.2 Å². The van der Waals surface area contributed by atoms with Gasteiger partial charge in [-0.05, 0) is 7.05 Å². The summed E-state index contributed by atoms with van der Waals surface area (Å²) in [5.41, 5.74) is 0. The largest absolute Gasteiger partial charge is 0.389 e. The first-order valence-corrected chi connectivity index (χ1v) is 3.85. The first kappa shape index (κ1) is 8.93. The molecule has 0 aromatic heterocycles. The van der Waals surface area contributed by atoms with Gasteiger partial charge in [-0.2, -0.15) is 0 Å². The number of hydrogen-bond acceptors (Lipinski definition) is 4. The smallest absolute Gasteiger partial charge is 0.0969 e. The molecule has 2 N–H and O–H groups in total. The zero-order valence-electron chi connectivity index (χ0n) is 7.08. The average molecular weight is 160 g/mol. The van der Waals surface area contributed by atoms with Crippen molar-refractivity contribution in [2.45, 2.75) is 12.2 Å². The van der Waals surface area contributed by atoms with Crippen molar-refractivity contribution < 1.29 is 9.84 Å². The van der Waals surface area contributed by atoms with Crippen molar-refractivity contribution in [2.24, 2.45) is 0 Å². The van der Waals surface area contributed by atoms with Crippen LogP contribution in [0.2, 0.25) is 0 Å². The highest BCUT2D eigenvalue weighted by Crippen LogP contribution is 2.10. The fourth-order valence-electron chi connectivity index (χ4n) is 1.42. The zero-order valence-corrected chi connectivity index (χ0v) is 7.08. The van der Waals surface area contributed by atoms with E-state index in [0.717, 1.165) is 13.2 Å². The lowest BCUT2D eigenvalue weighted by atomic mass is 10.3. The van der Waals surface area contributed by atoms with E-state index in [9.17, 15) is 5.11 Å². The number of likely N-dealkylation sites (tertiary alicyclic amines) is 1. The summed E-state index contributed by atoms with van der Waals surface area (Å²) < 4.78 is 5.08. The maximum absolute atomic E-state index is 9.39. The average Bonchev–Trinajstić information content (AvgIpc) is 2.32. The van der Waals surface area contributed by atoms with Gasteiger partial charge in [0.25, 0.3) is 0 Å². The summed E-state index contributed by atoms with van der Waals surface area (Å²) in [6.45, 7) is 2.34. The van der Waals surface area contributed by atoms with E-state index in [1.807, 2.05) is 7.05 Å². The van der Waals surface area contributed by atoms with Gasteiger partial charge in [0.1, 0.15) is 0 Å². The molecule has 0 saturated carbocycles. The van der Waals surface area contributed by atoms with Gasteiger partial charge in [0.2, 0.25) is 0 Å². The predicted octanol–water partition coefficient (Wildman–Crippen LogP) is -1.15. The van der Waals surface area contributed by atoms with Gasteiger partial charge in [-0.1, -0.05) is 0 Å². The maximum atomic E-state index is 9.39. The minimum absolute atomic E-state index is 0.0108. The van der Waals surface area contributed by atoms with E-state index in [1.54, 1.807) is 7.11 Å². The Morgan fingerprint density at radius 2 is 2.36 bits per heavy atom. The van der Waals surface area contributed by atoms with Crippen LogP contribution in [-0.4, -0.2) is 56.1 Å². The van der Waals surface area contributed by atoms with E-state index in [1.165, 1.54) is 0 Å². The number of methoxy groups -OCH3 is 1. The summed E-state index contributed by atoms with van der Waals surface area (Å²) in [5.74, 6) is 0. The zero-order chi connectivity index (χ0) is 8.27. The summed E-state index contributed by atoms with van der Waals surface area (Å²) in [6.07, 6.45) is -0.336. The van der Waals surface area contributed by atoms with Crippen LogP contribution in [-0.2, 0) is 4.74 Å². The Balaban J connectivity index is 2.30. The molecule has 0 radical (unpaired) electrons. The van der Waals surface area contributed by atoms with Crippen LogP contribution in [0.4, 0.5) is 0 Å². The van der Waals surface area contributed by atoms with Gasteiger partial charge in [-0.3, -0.25) is 4.90 Å². The highest BCUT2D eigenvalue weighted by atomic mass is 16.5. The Morgan fingerprint density at radius 3 is 2.82 bits per heavy atom. The molecule has 0 aliphatic carbocycles. The van der Waals surface area contributed by atoms with Gasteiger partial charge in [0, 0.05) is 26.9 Å². The van der Waals surface area contributed by atoms with Crippen LogP contribution in [0.15, 0.2) is 0 Å². The number of nitrogens with zero attached hydrogens (tertiary/aromatic N) is 1. The number of aliphatic hydroxyl groups excluding tert-OH is 1. The van der Waals surface area contributed by atoms with Crippen molar-refractivity contribution in [1.29, 1.82) is 0 Å². The van der Waals surface area contributed by atoms with Crippen molar-refractivity contribution >= 4 is 0 Å². The molecule has 2 unspecified atom stereocenters. The van der Waals surface area contributed by atoms with Gasteiger partial charge in [-0.25, -0.2) is 0 Å². The number of β-amino-alcohol motifs (C(OH)–C–C–N with tert-alkyl or cyclic N) is 1. The lowest BCUT2D eigenvalue weighted by Crippen LogP contribution is -2.31. The van der Waals surface area contributed by atoms with Crippen LogP contribution in [0, 0.1) is 0 Å². The van der Waals surface area contributed by atoms with E-state index in [-0.39, 0.29) is 12.2 Å². The number of ether oxygens (including phenoxy) is 1. The highest BCUT2D eigenvalue weighted by Gasteiger charge is 2.30. The van der Waals surface area contributed by atoms with Crippen molar-refractivity contribution in [1.82, 2.24) is 10.2 Å². The molecular formula is C7H16N2O2. The normalized spacial score (nSPS) is 33.0. The molecule has 1 fully saturated rings. The standard InChI is InChI=1S/C7H16N2O2/c1-8-5-9-3-6(10)7(4-9)11-2/h6-8,10H,3-5H2,1-2H3. The topological polar surface area (TPSA) is 44.7 Å². The fraction of sp³-hybridized carbons (Fsp3) is 1.00. The van der Waals surface area contributed by atoms with E-state index in [4.69, 9.17) is 4.74 Å². The van der Waals surface area contributed by atoms with E-state index in [0.29, 0.717) is 6.54 Å². The Kier molecular flexibility index (Phi) is 3.26. The molecule has 4 heteroatoms. The third-order valence-electron chi connectivity index (χ3n) is 2.00. The molecule has 0 bridgehead atoms. The minimum Gasteiger partial charge on any atom is -0.389 e. The van der Waals surface area contributed by atoms with Crippen molar-refractivity contribution in [3.63, 3.8) is 0 Å². The van der Waals surface area contributed by atoms with Gasteiger partial charge in [0.05, 0.1) is 12.2 Å². The number of rotatable bonds is 3. The number of nitrogens with one attached hydrogen (secondary N) is 1. The van der Waals surface area contributed by atoms with Crippen LogP contribution < -0.4 is 5.32 Å². The summed E-state index contributed by atoms with van der Waals surface area (Å²) in [5, 5.41) is 12.4. The van der Waals surface area contributed by atoms with Crippen molar-refractivity contribution in [2.75, 3.05) is 33.9 Å². The molecule has 11 heavy (non-hydrogen) atoms. The Morgan fingerprint density at radius 1 is 1.64 bits per heavy atom. The van der Waals surface area contributed by atoms with Crippen LogP contribution in [0.1, 0.15) is 0 Å². The minimum atomic E-state index is -0.326. The molecule has 2 atom stereocenters. The van der Waals surface area contributed by atoms with Crippen molar-refractivity contribution in [3.05, 3.63) is 0 Å². The molecule has 0 aromatic rings. The first-order chi connectivity index (χ1) is 5.27. The molecular weight excluding hydrogens is 144 g/mol. The SMILES string of the molecule is CNCN1CC(O)C(OC)C1. The third kappa shape index (κ3) is 2.13. The molecule has 0 amide bonds.